The molecule has 9 heteroatoms. The number of carbonyl (C=O) groups excluding carboxylic acids is 1. The Morgan fingerprint density at radius 3 is 2.69 bits per heavy atom. The summed E-state index contributed by atoms with van der Waals surface area (Å²) in [5, 5.41) is 3.22. The van der Waals surface area contributed by atoms with Gasteiger partial charge in [-0.25, -0.2) is 9.97 Å². The molecule has 1 N–H and O–H groups in total. The van der Waals surface area contributed by atoms with Crippen molar-refractivity contribution >= 4 is 44.8 Å². The van der Waals surface area contributed by atoms with Crippen LogP contribution in [0.4, 0.5) is 11.6 Å². The first kappa shape index (κ1) is 22.7. The van der Waals surface area contributed by atoms with E-state index in [4.69, 9.17) is 4.74 Å². The molecule has 1 amide bonds. The number of nitrogens with zero attached hydrogens (tertiary/aromatic N) is 4. The maximum atomic E-state index is 13.1. The summed E-state index contributed by atoms with van der Waals surface area (Å²) in [6.45, 7) is 6.56. The average molecular weight is 516 g/mol. The molecule has 0 unspecified atom stereocenters. The normalized spacial score (nSPS) is 14.4. The second-order valence-electron chi connectivity index (χ2n) is 7.54. The SMILES string of the molecule is CCCN1CCN(C(=O)c2ccc(Nc3nccc(-c4ccc(Br)s4)n3)cc2OC)CC1. The Hall–Kier alpha value is -2.49. The molecular formula is C23H26BrN5O2S. The van der Waals surface area contributed by atoms with Gasteiger partial charge < -0.3 is 15.0 Å². The van der Waals surface area contributed by atoms with Gasteiger partial charge in [0.05, 0.1) is 27.0 Å². The van der Waals surface area contributed by atoms with Gasteiger partial charge in [-0.2, -0.15) is 0 Å². The first-order valence-electron chi connectivity index (χ1n) is 10.6. The fraction of sp³-hybridized carbons (Fsp3) is 0.348. The number of hydrogen-bond donors (Lipinski definition) is 1. The van der Waals surface area contributed by atoms with Gasteiger partial charge in [0.25, 0.3) is 5.91 Å². The maximum absolute atomic E-state index is 13.1. The zero-order chi connectivity index (χ0) is 22.5. The number of methoxy groups -OCH3 is 1. The molecule has 1 fully saturated rings. The zero-order valence-corrected chi connectivity index (χ0v) is 20.6. The van der Waals surface area contributed by atoms with Crippen LogP contribution in [0.2, 0.25) is 0 Å². The lowest BCUT2D eigenvalue weighted by molar-refractivity contribution is 0.0634. The molecule has 1 aromatic carbocycles. The van der Waals surface area contributed by atoms with Gasteiger partial charge in [0.2, 0.25) is 5.95 Å². The van der Waals surface area contributed by atoms with Crippen LogP contribution in [0.25, 0.3) is 10.6 Å². The highest BCUT2D eigenvalue weighted by atomic mass is 79.9. The molecule has 1 saturated heterocycles. The van der Waals surface area contributed by atoms with Crippen LogP contribution in [0.5, 0.6) is 5.75 Å². The van der Waals surface area contributed by atoms with Crippen LogP contribution in [0, 0.1) is 0 Å². The van der Waals surface area contributed by atoms with E-state index in [1.54, 1.807) is 24.6 Å². The smallest absolute Gasteiger partial charge is 0.257 e. The van der Waals surface area contributed by atoms with Crippen LogP contribution in [-0.2, 0) is 0 Å². The van der Waals surface area contributed by atoms with E-state index in [-0.39, 0.29) is 5.91 Å². The molecular weight excluding hydrogens is 490 g/mol. The number of thiophene rings is 1. The lowest BCUT2D eigenvalue weighted by atomic mass is 10.1. The monoisotopic (exact) mass is 515 g/mol. The Bertz CT molecular complexity index is 1080. The molecule has 7 nitrogen and oxygen atoms in total. The first-order chi connectivity index (χ1) is 15.6. The van der Waals surface area contributed by atoms with Crippen molar-refractivity contribution in [1.82, 2.24) is 19.8 Å². The number of hydrogen-bond acceptors (Lipinski definition) is 7. The average Bonchev–Trinajstić information content (AvgIpc) is 3.26. The summed E-state index contributed by atoms with van der Waals surface area (Å²) in [5.41, 5.74) is 2.18. The fourth-order valence-corrected chi connectivity index (χ4v) is 5.10. The molecule has 4 rings (SSSR count). The third kappa shape index (κ3) is 5.28. The minimum absolute atomic E-state index is 0.00562. The summed E-state index contributed by atoms with van der Waals surface area (Å²) in [7, 11) is 1.58. The van der Waals surface area contributed by atoms with Crippen LogP contribution in [-0.4, -0.2) is 65.5 Å². The predicted molar refractivity (Wildman–Crippen MR) is 132 cm³/mol. The molecule has 0 saturated carbocycles. The molecule has 32 heavy (non-hydrogen) atoms. The fourth-order valence-electron chi connectivity index (χ4n) is 3.74. The number of benzene rings is 1. The van der Waals surface area contributed by atoms with Crippen molar-refractivity contribution in [2.45, 2.75) is 13.3 Å². The standard InChI is InChI=1S/C23H26BrN5O2S/c1-3-10-28-11-13-29(14-12-28)22(30)17-5-4-16(15-19(17)31-2)26-23-25-9-8-18(27-23)20-6-7-21(24)32-20/h4-9,15H,3,10-14H2,1-2H3,(H,25,26,27). The minimum atomic E-state index is 0.00562. The summed E-state index contributed by atoms with van der Waals surface area (Å²) in [4.78, 5) is 27.4. The summed E-state index contributed by atoms with van der Waals surface area (Å²) in [6.07, 6.45) is 2.86. The predicted octanol–water partition coefficient (Wildman–Crippen LogP) is 4.89. The van der Waals surface area contributed by atoms with Crippen molar-refractivity contribution in [3.05, 3.63) is 51.9 Å². The molecule has 2 aromatic heterocycles. The minimum Gasteiger partial charge on any atom is -0.496 e. The van der Waals surface area contributed by atoms with Crippen molar-refractivity contribution in [2.24, 2.45) is 0 Å². The van der Waals surface area contributed by atoms with Gasteiger partial charge >= 0.3 is 0 Å². The van der Waals surface area contributed by atoms with Gasteiger partial charge in [-0.15, -0.1) is 11.3 Å². The lowest BCUT2D eigenvalue weighted by Crippen LogP contribution is -2.48. The molecule has 3 aromatic rings. The molecule has 0 atom stereocenters. The van der Waals surface area contributed by atoms with Crippen LogP contribution in [0.3, 0.4) is 0 Å². The van der Waals surface area contributed by atoms with E-state index in [2.05, 4.69) is 43.0 Å². The molecule has 1 aliphatic rings. The number of piperazine rings is 1. The molecule has 3 heterocycles. The quantitative estimate of drug-likeness (QED) is 0.483. The van der Waals surface area contributed by atoms with E-state index < -0.39 is 0 Å². The van der Waals surface area contributed by atoms with Crippen molar-refractivity contribution in [3.8, 4) is 16.3 Å². The molecule has 0 radical (unpaired) electrons. The highest BCUT2D eigenvalue weighted by Crippen LogP contribution is 2.31. The van der Waals surface area contributed by atoms with E-state index in [0.29, 0.717) is 17.3 Å². The summed E-state index contributed by atoms with van der Waals surface area (Å²) in [5.74, 6) is 1.03. The Balaban J connectivity index is 1.47. The Kier molecular flexibility index (Phi) is 7.39. The number of carbonyl (C=O) groups is 1. The summed E-state index contributed by atoms with van der Waals surface area (Å²) >= 11 is 5.10. The second-order valence-corrected chi connectivity index (χ2v) is 10.0. The van der Waals surface area contributed by atoms with Crippen molar-refractivity contribution in [2.75, 3.05) is 45.2 Å². The largest absolute Gasteiger partial charge is 0.496 e. The molecule has 1 aliphatic heterocycles. The summed E-state index contributed by atoms with van der Waals surface area (Å²) < 4.78 is 6.60. The first-order valence-corrected chi connectivity index (χ1v) is 12.2. The molecule has 0 aliphatic carbocycles. The van der Waals surface area contributed by atoms with E-state index in [9.17, 15) is 4.79 Å². The Labute approximate surface area is 200 Å². The zero-order valence-electron chi connectivity index (χ0n) is 18.2. The van der Waals surface area contributed by atoms with Crippen LogP contribution < -0.4 is 10.1 Å². The van der Waals surface area contributed by atoms with Crippen LogP contribution in [0.1, 0.15) is 23.7 Å². The lowest BCUT2D eigenvalue weighted by Gasteiger charge is -2.34. The van der Waals surface area contributed by atoms with Gasteiger partial charge in [0.15, 0.2) is 0 Å². The Morgan fingerprint density at radius 1 is 1.19 bits per heavy atom. The summed E-state index contributed by atoms with van der Waals surface area (Å²) in [6, 6.07) is 11.4. The van der Waals surface area contributed by atoms with E-state index in [0.717, 1.165) is 59.2 Å². The van der Waals surface area contributed by atoms with E-state index >= 15 is 0 Å². The Morgan fingerprint density at radius 2 is 2.00 bits per heavy atom. The van der Waals surface area contributed by atoms with Crippen LogP contribution in [0.15, 0.2) is 46.4 Å². The maximum Gasteiger partial charge on any atom is 0.257 e. The number of ether oxygens (including phenoxy) is 1. The number of halogens is 1. The van der Waals surface area contributed by atoms with Crippen LogP contribution >= 0.6 is 27.3 Å². The van der Waals surface area contributed by atoms with Gasteiger partial charge in [0, 0.05) is 44.1 Å². The molecule has 0 bridgehead atoms. The van der Waals surface area contributed by atoms with E-state index in [1.165, 1.54) is 0 Å². The number of amides is 1. The van der Waals surface area contributed by atoms with Gasteiger partial charge in [0.1, 0.15) is 5.75 Å². The van der Waals surface area contributed by atoms with Gasteiger partial charge in [-0.05, 0) is 59.2 Å². The number of anilines is 2. The van der Waals surface area contributed by atoms with Crippen molar-refractivity contribution in [1.29, 1.82) is 0 Å². The highest BCUT2D eigenvalue weighted by Gasteiger charge is 2.24. The van der Waals surface area contributed by atoms with Crippen molar-refractivity contribution < 1.29 is 9.53 Å². The highest BCUT2D eigenvalue weighted by molar-refractivity contribution is 9.11. The van der Waals surface area contributed by atoms with E-state index in [1.807, 2.05) is 41.3 Å². The van der Waals surface area contributed by atoms with Crippen molar-refractivity contribution in [3.63, 3.8) is 0 Å². The third-order valence-electron chi connectivity index (χ3n) is 5.37. The van der Waals surface area contributed by atoms with Gasteiger partial charge in [-0.1, -0.05) is 6.92 Å². The number of rotatable bonds is 7. The second kappa shape index (κ2) is 10.4. The topological polar surface area (TPSA) is 70.6 Å². The van der Waals surface area contributed by atoms with Gasteiger partial charge in [-0.3, -0.25) is 9.69 Å². The third-order valence-corrected chi connectivity index (χ3v) is 7.01. The molecule has 168 valence electrons. The number of aromatic nitrogens is 2. The number of nitrogens with one attached hydrogen (secondary N) is 1. The molecule has 0 spiro atoms.